The van der Waals surface area contributed by atoms with Crippen LogP contribution in [0.4, 0.5) is 0 Å². The Labute approximate surface area is 104 Å². The zero-order valence-corrected chi connectivity index (χ0v) is 10.7. The highest BCUT2D eigenvalue weighted by Gasteiger charge is 2.03. The summed E-state index contributed by atoms with van der Waals surface area (Å²) in [5, 5.41) is 7.64. The predicted octanol–water partition coefficient (Wildman–Crippen LogP) is 2.40. The van der Waals surface area contributed by atoms with Gasteiger partial charge in [-0.3, -0.25) is 0 Å². The van der Waals surface area contributed by atoms with Gasteiger partial charge in [0, 0.05) is 23.6 Å². The average molecular weight is 280 g/mol. The predicted molar refractivity (Wildman–Crippen MR) is 68.9 cm³/mol. The Balaban J connectivity index is 2.22. The normalized spacial score (nSPS) is 10.6. The number of para-hydroxylation sites is 1. The van der Waals surface area contributed by atoms with E-state index in [1.807, 2.05) is 42.2 Å². The molecule has 1 N–H and O–H groups in total. The molecule has 1 heterocycles. The molecule has 2 rings (SSSR count). The molecular formula is C12H14BrN3. The van der Waals surface area contributed by atoms with Crippen LogP contribution < -0.4 is 5.32 Å². The minimum absolute atomic E-state index is 0.951. The quantitative estimate of drug-likeness (QED) is 0.932. The fraction of sp³-hybridized carbons (Fsp3) is 0.250. The van der Waals surface area contributed by atoms with Gasteiger partial charge in [0.2, 0.25) is 0 Å². The Bertz CT molecular complexity index is 465. The molecule has 4 heteroatoms. The first-order valence-electron chi connectivity index (χ1n) is 5.25. The van der Waals surface area contributed by atoms with E-state index in [1.165, 1.54) is 0 Å². The first-order valence-corrected chi connectivity index (χ1v) is 6.04. The lowest BCUT2D eigenvalue weighted by Crippen LogP contribution is -2.10. The SMILES string of the molecule is CNCCc1ccn(-c2ccccc2Br)n1. The third-order valence-corrected chi connectivity index (χ3v) is 3.05. The van der Waals surface area contributed by atoms with Gasteiger partial charge in [0.25, 0.3) is 0 Å². The lowest BCUT2D eigenvalue weighted by atomic mass is 10.3. The molecule has 0 bridgehead atoms. The minimum atomic E-state index is 0.951. The highest BCUT2D eigenvalue weighted by Crippen LogP contribution is 2.19. The van der Waals surface area contributed by atoms with Gasteiger partial charge in [0.1, 0.15) is 0 Å². The summed E-state index contributed by atoms with van der Waals surface area (Å²) in [6.07, 6.45) is 2.94. The highest BCUT2D eigenvalue weighted by atomic mass is 79.9. The number of nitrogens with zero attached hydrogens (tertiary/aromatic N) is 2. The molecular weight excluding hydrogens is 266 g/mol. The summed E-state index contributed by atoms with van der Waals surface area (Å²) in [6.45, 7) is 0.951. The fourth-order valence-electron chi connectivity index (χ4n) is 1.52. The van der Waals surface area contributed by atoms with E-state index in [0.717, 1.165) is 28.8 Å². The maximum Gasteiger partial charge on any atom is 0.0787 e. The monoisotopic (exact) mass is 279 g/mol. The second-order valence-electron chi connectivity index (χ2n) is 3.56. The van der Waals surface area contributed by atoms with Crippen LogP contribution in [0.5, 0.6) is 0 Å². The summed E-state index contributed by atoms with van der Waals surface area (Å²) >= 11 is 3.52. The molecule has 0 aliphatic carbocycles. The van der Waals surface area contributed by atoms with E-state index >= 15 is 0 Å². The van der Waals surface area contributed by atoms with Crippen molar-refractivity contribution in [3.05, 3.63) is 46.7 Å². The molecule has 0 aliphatic heterocycles. The fourth-order valence-corrected chi connectivity index (χ4v) is 1.99. The molecule has 0 fully saturated rings. The van der Waals surface area contributed by atoms with E-state index in [0.29, 0.717) is 0 Å². The van der Waals surface area contributed by atoms with Crippen molar-refractivity contribution in [1.29, 1.82) is 0 Å². The van der Waals surface area contributed by atoms with Gasteiger partial charge in [-0.2, -0.15) is 5.10 Å². The average Bonchev–Trinajstić information content (AvgIpc) is 2.75. The van der Waals surface area contributed by atoms with Crippen molar-refractivity contribution in [2.24, 2.45) is 0 Å². The van der Waals surface area contributed by atoms with Crippen molar-refractivity contribution in [2.75, 3.05) is 13.6 Å². The van der Waals surface area contributed by atoms with Crippen molar-refractivity contribution in [2.45, 2.75) is 6.42 Å². The van der Waals surface area contributed by atoms with E-state index in [4.69, 9.17) is 0 Å². The number of nitrogens with one attached hydrogen (secondary N) is 1. The summed E-state index contributed by atoms with van der Waals surface area (Å²) in [5.74, 6) is 0. The number of hydrogen-bond acceptors (Lipinski definition) is 2. The highest BCUT2D eigenvalue weighted by molar-refractivity contribution is 9.10. The van der Waals surface area contributed by atoms with Crippen LogP contribution in [-0.2, 0) is 6.42 Å². The zero-order valence-electron chi connectivity index (χ0n) is 9.15. The molecule has 0 saturated heterocycles. The van der Waals surface area contributed by atoms with E-state index in [2.05, 4.69) is 32.4 Å². The Morgan fingerprint density at radius 1 is 1.31 bits per heavy atom. The van der Waals surface area contributed by atoms with Crippen LogP contribution in [0.15, 0.2) is 41.0 Å². The molecule has 0 atom stereocenters. The van der Waals surface area contributed by atoms with Crippen LogP contribution in [0.2, 0.25) is 0 Å². The largest absolute Gasteiger partial charge is 0.319 e. The minimum Gasteiger partial charge on any atom is -0.319 e. The smallest absolute Gasteiger partial charge is 0.0787 e. The van der Waals surface area contributed by atoms with Crippen LogP contribution in [0.25, 0.3) is 5.69 Å². The van der Waals surface area contributed by atoms with Gasteiger partial charge in [-0.1, -0.05) is 12.1 Å². The Morgan fingerprint density at radius 2 is 2.12 bits per heavy atom. The van der Waals surface area contributed by atoms with Gasteiger partial charge < -0.3 is 5.32 Å². The third-order valence-electron chi connectivity index (χ3n) is 2.37. The van der Waals surface area contributed by atoms with Gasteiger partial charge in [0.05, 0.1) is 11.4 Å². The van der Waals surface area contributed by atoms with E-state index < -0.39 is 0 Å². The first-order chi connectivity index (χ1) is 7.81. The second-order valence-corrected chi connectivity index (χ2v) is 4.41. The van der Waals surface area contributed by atoms with Crippen LogP contribution in [0.1, 0.15) is 5.69 Å². The van der Waals surface area contributed by atoms with E-state index in [-0.39, 0.29) is 0 Å². The number of rotatable bonds is 4. The van der Waals surface area contributed by atoms with E-state index in [1.54, 1.807) is 0 Å². The molecule has 84 valence electrons. The number of benzene rings is 1. The zero-order chi connectivity index (χ0) is 11.4. The number of hydrogen-bond donors (Lipinski definition) is 1. The number of aromatic nitrogens is 2. The molecule has 1 aromatic heterocycles. The molecule has 16 heavy (non-hydrogen) atoms. The number of likely N-dealkylation sites (N-methyl/N-ethyl adjacent to an activating group) is 1. The molecule has 2 aromatic rings. The number of halogens is 1. The molecule has 0 radical (unpaired) electrons. The molecule has 0 spiro atoms. The molecule has 0 unspecified atom stereocenters. The summed E-state index contributed by atoms with van der Waals surface area (Å²) in [7, 11) is 1.95. The Hall–Kier alpha value is -1.13. The van der Waals surface area contributed by atoms with Crippen molar-refractivity contribution in [3.8, 4) is 5.69 Å². The van der Waals surface area contributed by atoms with Crippen molar-refractivity contribution in [1.82, 2.24) is 15.1 Å². The second kappa shape index (κ2) is 5.27. The lowest BCUT2D eigenvalue weighted by Gasteiger charge is -2.03. The molecule has 0 saturated carbocycles. The molecule has 0 amide bonds. The standard InChI is InChI=1S/C12H14BrN3/c1-14-8-6-10-7-9-16(15-10)12-5-3-2-4-11(12)13/h2-5,7,9,14H,6,8H2,1H3. The third kappa shape index (κ3) is 2.51. The Morgan fingerprint density at radius 3 is 2.88 bits per heavy atom. The van der Waals surface area contributed by atoms with Gasteiger partial charge in [-0.05, 0) is 41.2 Å². The van der Waals surface area contributed by atoms with Crippen molar-refractivity contribution in [3.63, 3.8) is 0 Å². The van der Waals surface area contributed by atoms with Crippen LogP contribution >= 0.6 is 15.9 Å². The maximum absolute atomic E-state index is 4.53. The van der Waals surface area contributed by atoms with Gasteiger partial charge in [0.15, 0.2) is 0 Å². The molecule has 0 aliphatic rings. The Kier molecular flexibility index (Phi) is 3.74. The van der Waals surface area contributed by atoms with Gasteiger partial charge >= 0.3 is 0 Å². The molecule has 1 aromatic carbocycles. The van der Waals surface area contributed by atoms with E-state index in [9.17, 15) is 0 Å². The van der Waals surface area contributed by atoms with Crippen LogP contribution in [0.3, 0.4) is 0 Å². The summed E-state index contributed by atoms with van der Waals surface area (Å²) in [6, 6.07) is 10.1. The summed E-state index contributed by atoms with van der Waals surface area (Å²) < 4.78 is 2.95. The van der Waals surface area contributed by atoms with Crippen molar-refractivity contribution < 1.29 is 0 Å². The maximum atomic E-state index is 4.53. The topological polar surface area (TPSA) is 29.9 Å². The van der Waals surface area contributed by atoms with Gasteiger partial charge in [-0.25, -0.2) is 4.68 Å². The van der Waals surface area contributed by atoms with Crippen LogP contribution in [0, 0.1) is 0 Å². The van der Waals surface area contributed by atoms with Crippen LogP contribution in [-0.4, -0.2) is 23.4 Å². The lowest BCUT2D eigenvalue weighted by molar-refractivity contribution is 0.754. The summed E-state index contributed by atoms with van der Waals surface area (Å²) in [4.78, 5) is 0. The first kappa shape index (κ1) is 11.4. The summed E-state index contributed by atoms with van der Waals surface area (Å²) in [5.41, 5.74) is 2.17. The molecule has 3 nitrogen and oxygen atoms in total. The van der Waals surface area contributed by atoms with Crippen molar-refractivity contribution >= 4 is 15.9 Å². The van der Waals surface area contributed by atoms with Gasteiger partial charge in [-0.15, -0.1) is 0 Å².